The highest BCUT2D eigenvalue weighted by Crippen LogP contribution is 2.32. The Morgan fingerprint density at radius 2 is 1.77 bits per heavy atom. The van der Waals surface area contributed by atoms with Crippen LogP contribution < -0.4 is 16.4 Å². The number of aryl methyl sites for hydroxylation is 1. The largest absolute Gasteiger partial charge is 0.507 e. The van der Waals surface area contributed by atoms with Gasteiger partial charge >= 0.3 is 6.09 Å². The number of ether oxygens (including phenoxy) is 1. The molecule has 0 heterocycles. The van der Waals surface area contributed by atoms with Gasteiger partial charge in [-0.25, -0.2) is 4.79 Å². The van der Waals surface area contributed by atoms with Gasteiger partial charge in [-0.15, -0.1) is 0 Å². The van der Waals surface area contributed by atoms with Gasteiger partial charge < -0.3 is 31.1 Å². The highest BCUT2D eigenvalue weighted by molar-refractivity contribution is 5.93. The molecule has 2 unspecified atom stereocenters. The lowest BCUT2D eigenvalue weighted by atomic mass is 9.98. The number of hydrogen-bond donors (Lipinski definition) is 4. The van der Waals surface area contributed by atoms with E-state index in [2.05, 4.69) is 10.6 Å². The van der Waals surface area contributed by atoms with E-state index in [1.807, 2.05) is 6.92 Å². The number of phenolic OH excluding ortho intramolecular Hbond substituents is 1. The maximum atomic E-state index is 13.8. The third-order valence-electron chi connectivity index (χ3n) is 4.97. The summed E-state index contributed by atoms with van der Waals surface area (Å²) in [4.78, 5) is 52.4. The van der Waals surface area contributed by atoms with Crippen molar-refractivity contribution >= 4 is 23.8 Å². The Kier molecular flexibility index (Phi) is 11.0. The average Bonchev–Trinajstić information content (AvgIpc) is 2.71. The SMILES string of the molecule is CCCN(C(=O)C(CCC(N)=O)NC(=O)OC(C)(C)C)C(C(=O)NC(C)C)c1cccc(C)c1O. The van der Waals surface area contributed by atoms with Crippen molar-refractivity contribution in [1.29, 1.82) is 0 Å². The molecule has 0 aliphatic heterocycles. The highest BCUT2D eigenvalue weighted by Gasteiger charge is 2.37. The quantitative estimate of drug-likeness (QED) is 0.373. The minimum atomic E-state index is -1.18. The first-order valence-corrected chi connectivity index (χ1v) is 11.8. The second kappa shape index (κ2) is 13.0. The summed E-state index contributed by atoms with van der Waals surface area (Å²) in [5.41, 5.74) is 5.29. The van der Waals surface area contributed by atoms with Crippen LogP contribution in [0, 0.1) is 6.92 Å². The van der Waals surface area contributed by atoms with Crippen LogP contribution in [-0.4, -0.2) is 58.1 Å². The maximum Gasteiger partial charge on any atom is 0.408 e. The summed E-state index contributed by atoms with van der Waals surface area (Å²) in [5.74, 6) is -1.81. The van der Waals surface area contributed by atoms with Gasteiger partial charge in [-0.3, -0.25) is 14.4 Å². The molecule has 2 atom stereocenters. The fourth-order valence-electron chi connectivity index (χ4n) is 3.52. The van der Waals surface area contributed by atoms with E-state index in [9.17, 15) is 24.3 Å². The molecule has 0 fully saturated rings. The second-order valence-corrected chi connectivity index (χ2v) is 9.81. The van der Waals surface area contributed by atoms with Crippen LogP contribution in [0.15, 0.2) is 18.2 Å². The molecule has 5 N–H and O–H groups in total. The first kappa shape index (κ1) is 29.7. The van der Waals surface area contributed by atoms with Crippen molar-refractivity contribution in [2.45, 2.75) is 91.5 Å². The summed E-state index contributed by atoms with van der Waals surface area (Å²) in [7, 11) is 0. The normalized spacial score (nSPS) is 13.0. The molecule has 0 spiro atoms. The topological polar surface area (TPSA) is 151 Å². The molecule has 0 aromatic heterocycles. The number of hydrogen-bond acceptors (Lipinski definition) is 6. The Morgan fingerprint density at radius 3 is 2.29 bits per heavy atom. The summed E-state index contributed by atoms with van der Waals surface area (Å²) in [5, 5.41) is 16.1. The molecule has 10 nitrogen and oxygen atoms in total. The van der Waals surface area contributed by atoms with Gasteiger partial charge in [0.2, 0.25) is 17.7 Å². The third kappa shape index (κ3) is 9.46. The smallest absolute Gasteiger partial charge is 0.408 e. The van der Waals surface area contributed by atoms with Gasteiger partial charge in [0.15, 0.2) is 0 Å². The third-order valence-corrected chi connectivity index (χ3v) is 4.97. The van der Waals surface area contributed by atoms with Gasteiger partial charge in [-0.05, 0) is 59.9 Å². The van der Waals surface area contributed by atoms with E-state index < -0.39 is 41.5 Å². The van der Waals surface area contributed by atoms with E-state index in [-0.39, 0.29) is 36.7 Å². The Balaban J connectivity index is 3.51. The van der Waals surface area contributed by atoms with E-state index in [1.165, 1.54) is 4.90 Å². The van der Waals surface area contributed by atoms with Gasteiger partial charge in [0.25, 0.3) is 0 Å². The number of amides is 4. The predicted octanol–water partition coefficient (Wildman–Crippen LogP) is 2.66. The summed E-state index contributed by atoms with van der Waals surface area (Å²) in [6.07, 6.45) is -0.576. The molecule has 1 aromatic carbocycles. The lowest BCUT2D eigenvalue weighted by molar-refractivity contribution is -0.143. The fourth-order valence-corrected chi connectivity index (χ4v) is 3.52. The van der Waals surface area contributed by atoms with Gasteiger partial charge in [0, 0.05) is 24.6 Å². The lowest BCUT2D eigenvalue weighted by Crippen LogP contribution is -2.53. The molecule has 35 heavy (non-hydrogen) atoms. The molecule has 4 amide bonds. The van der Waals surface area contributed by atoms with Crippen LogP contribution in [0.4, 0.5) is 4.79 Å². The number of carbonyl (C=O) groups is 4. The first-order valence-electron chi connectivity index (χ1n) is 11.8. The van der Waals surface area contributed by atoms with Crippen LogP contribution in [0.2, 0.25) is 0 Å². The standard InChI is InChI=1S/C25H40N4O6/c1-8-14-29(20(22(32)27-15(2)3)17-11-9-10-16(4)21(17)31)23(33)18(12-13-19(26)30)28-24(34)35-25(5,6)7/h9-11,15,18,20,31H,8,12-14H2,1-7H3,(H2,26,30)(H,27,32)(H,28,34). The van der Waals surface area contributed by atoms with E-state index in [0.717, 1.165) is 0 Å². The predicted molar refractivity (Wildman–Crippen MR) is 132 cm³/mol. The molecule has 0 bridgehead atoms. The zero-order valence-electron chi connectivity index (χ0n) is 21.8. The van der Waals surface area contributed by atoms with Crippen molar-refractivity contribution in [2.75, 3.05) is 6.54 Å². The van der Waals surface area contributed by atoms with E-state index >= 15 is 0 Å². The number of alkyl carbamates (subject to hydrolysis) is 1. The van der Waals surface area contributed by atoms with Crippen molar-refractivity contribution < 1.29 is 29.0 Å². The molecular formula is C25H40N4O6. The summed E-state index contributed by atoms with van der Waals surface area (Å²) < 4.78 is 5.29. The number of nitrogens with one attached hydrogen (secondary N) is 2. The number of primary amides is 1. The van der Waals surface area contributed by atoms with Gasteiger partial charge in [0.05, 0.1) is 0 Å². The molecule has 0 saturated heterocycles. The first-order chi connectivity index (χ1) is 16.2. The molecule has 0 aliphatic carbocycles. The number of rotatable bonds is 11. The number of para-hydroxylation sites is 1. The molecule has 0 radical (unpaired) electrons. The Hall–Kier alpha value is -3.30. The molecule has 196 valence electrons. The van der Waals surface area contributed by atoms with Gasteiger partial charge in [0.1, 0.15) is 23.4 Å². The Bertz CT molecular complexity index is 910. The van der Waals surface area contributed by atoms with Crippen molar-refractivity contribution in [3.05, 3.63) is 29.3 Å². The molecule has 1 aromatic rings. The van der Waals surface area contributed by atoms with Crippen molar-refractivity contribution in [2.24, 2.45) is 5.73 Å². The molecule has 0 saturated carbocycles. The summed E-state index contributed by atoms with van der Waals surface area (Å²) in [6.45, 7) is 12.3. The number of nitrogens with two attached hydrogens (primary N) is 1. The van der Waals surface area contributed by atoms with Crippen LogP contribution in [-0.2, 0) is 19.1 Å². The number of aromatic hydroxyl groups is 1. The van der Waals surface area contributed by atoms with Crippen LogP contribution in [0.3, 0.4) is 0 Å². The minimum absolute atomic E-state index is 0.0774. The van der Waals surface area contributed by atoms with Crippen molar-refractivity contribution in [3.8, 4) is 5.75 Å². The summed E-state index contributed by atoms with van der Waals surface area (Å²) >= 11 is 0. The van der Waals surface area contributed by atoms with Crippen LogP contribution in [0.1, 0.15) is 78.0 Å². The van der Waals surface area contributed by atoms with E-state index in [1.54, 1.807) is 59.7 Å². The lowest BCUT2D eigenvalue weighted by Gasteiger charge is -2.35. The molecule has 10 heteroatoms. The van der Waals surface area contributed by atoms with E-state index in [0.29, 0.717) is 12.0 Å². The monoisotopic (exact) mass is 492 g/mol. The average molecular weight is 493 g/mol. The second-order valence-electron chi connectivity index (χ2n) is 9.81. The maximum absolute atomic E-state index is 13.8. The number of carbonyl (C=O) groups excluding carboxylic acids is 4. The van der Waals surface area contributed by atoms with Crippen LogP contribution in [0.5, 0.6) is 5.75 Å². The van der Waals surface area contributed by atoms with Crippen molar-refractivity contribution in [1.82, 2.24) is 15.5 Å². The number of benzene rings is 1. The Labute approximate surface area is 207 Å². The number of nitrogens with zero attached hydrogens (tertiary/aromatic N) is 1. The van der Waals surface area contributed by atoms with E-state index in [4.69, 9.17) is 10.5 Å². The fraction of sp³-hybridized carbons (Fsp3) is 0.600. The molecule has 0 aliphatic rings. The summed E-state index contributed by atoms with van der Waals surface area (Å²) in [6, 6.07) is 2.41. The molecule has 1 rings (SSSR count). The van der Waals surface area contributed by atoms with Gasteiger partial charge in [-0.2, -0.15) is 0 Å². The van der Waals surface area contributed by atoms with Crippen molar-refractivity contribution in [3.63, 3.8) is 0 Å². The zero-order chi connectivity index (χ0) is 26.9. The minimum Gasteiger partial charge on any atom is -0.507 e. The number of phenols is 1. The van der Waals surface area contributed by atoms with Crippen LogP contribution in [0.25, 0.3) is 0 Å². The zero-order valence-corrected chi connectivity index (χ0v) is 21.8. The Morgan fingerprint density at radius 1 is 1.14 bits per heavy atom. The van der Waals surface area contributed by atoms with Gasteiger partial charge in [-0.1, -0.05) is 25.1 Å². The van der Waals surface area contributed by atoms with Crippen LogP contribution >= 0.6 is 0 Å². The molecular weight excluding hydrogens is 452 g/mol. The highest BCUT2D eigenvalue weighted by atomic mass is 16.6.